The van der Waals surface area contributed by atoms with Gasteiger partial charge in [0.15, 0.2) is 0 Å². The lowest BCUT2D eigenvalue weighted by atomic mass is 10.2. The number of methoxy groups -OCH3 is 1. The number of hydrogen-bond donors (Lipinski definition) is 0. The lowest BCUT2D eigenvalue weighted by molar-refractivity contribution is -0.120. The smallest absolute Gasteiger partial charge is 0.258 e. The number of benzene rings is 1. The minimum absolute atomic E-state index is 0.0978. The minimum Gasteiger partial charge on any atom is -0.497 e. The number of hydrogen-bond acceptors (Lipinski definition) is 3. The molecule has 1 heterocycles. The highest BCUT2D eigenvalue weighted by Gasteiger charge is 2.27. The van der Waals surface area contributed by atoms with Crippen molar-refractivity contribution in [1.29, 1.82) is 0 Å². The lowest BCUT2D eigenvalue weighted by Crippen LogP contribution is -2.30. The summed E-state index contributed by atoms with van der Waals surface area (Å²) < 4.78 is 18.4. The molecule has 0 aliphatic carbocycles. The van der Waals surface area contributed by atoms with Crippen molar-refractivity contribution >= 4 is 17.5 Å². The van der Waals surface area contributed by atoms with Gasteiger partial charge in [-0.2, -0.15) is 0 Å². The molecule has 1 aliphatic rings. The predicted molar refractivity (Wildman–Crippen MR) is 54.6 cm³/mol. The Balaban J connectivity index is 2.47. The van der Waals surface area contributed by atoms with E-state index in [1.54, 1.807) is 0 Å². The van der Waals surface area contributed by atoms with Gasteiger partial charge in [-0.3, -0.25) is 9.59 Å². The molecule has 0 saturated carbocycles. The first-order valence-electron chi connectivity index (χ1n) is 4.53. The van der Waals surface area contributed by atoms with E-state index in [4.69, 9.17) is 4.74 Å². The highest BCUT2D eigenvalue weighted by atomic mass is 19.1. The molecule has 0 aromatic heterocycles. The number of carbonyl (C=O) groups excluding carboxylic acids is 2. The van der Waals surface area contributed by atoms with Crippen molar-refractivity contribution in [2.45, 2.75) is 0 Å². The summed E-state index contributed by atoms with van der Waals surface area (Å²) in [7, 11) is 1.42. The van der Waals surface area contributed by atoms with Gasteiger partial charge in [-0.25, -0.2) is 9.29 Å². The van der Waals surface area contributed by atoms with Crippen LogP contribution >= 0.6 is 0 Å². The van der Waals surface area contributed by atoms with Gasteiger partial charge < -0.3 is 4.74 Å². The van der Waals surface area contributed by atoms with E-state index in [-0.39, 0.29) is 5.69 Å². The van der Waals surface area contributed by atoms with Crippen molar-refractivity contribution in [2.75, 3.05) is 12.0 Å². The molecule has 0 spiro atoms. The first-order valence-corrected chi connectivity index (χ1v) is 4.53. The Kier molecular flexibility index (Phi) is 2.44. The predicted octanol–water partition coefficient (Wildman–Crippen LogP) is 1.26. The van der Waals surface area contributed by atoms with Crippen LogP contribution in [0.25, 0.3) is 0 Å². The third kappa shape index (κ3) is 1.56. The van der Waals surface area contributed by atoms with Crippen LogP contribution in [0.3, 0.4) is 0 Å². The van der Waals surface area contributed by atoms with Crippen LogP contribution in [0.1, 0.15) is 0 Å². The minimum atomic E-state index is -0.647. The summed E-state index contributed by atoms with van der Waals surface area (Å²) in [5.74, 6) is -1.38. The molecule has 0 fully saturated rings. The molecule has 2 rings (SSSR count). The third-order valence-electron chi connectivity index (χ3n) is 2.20. The molecule has 1 aromatic carbocycles. The molecule has 0 atom stereocenters. The van der Waals surface area contributed by atoms with Crippen LogP contribution in [0.5, 0.6) is 5.75 Å². The second kappa shape index (κ2) is 3.77. The lowest BCUT2D eigenvalue weighted by Gasteiger charge is -2.15. The van der Waals surface area contributed by atoms with Gasteiger partial charge in [0.1, 0.15) is 11.6 Å². The van der Waals surface area contributed by atoms with Gasteiger partial charge in [0.05, 0.1) is 12.8 Å². The number of halogens is 1. The molecule has 4 nitrogen and oxygen atoms in total. The average molecular weight is 221 g/mol. The Hall–Kier alpha value is -2.17. The van der Waals surface area contributed by atoms with E-state index in [1.807, 2.05) is 0 Å². The number of nitrogens with zero attached hydrogens (tertiary/aromatic N) is 1. The Bertz CT molecular complexity index is 478. The van der Waals surface area contributed by atoms with E-state index in [0.29, 0.717) is 5.75 Å². The van der Waals surface area contributed by atoms with Gasteiger partial charge in [0.25, 0.3) is 11.8 Å². The molecular formula is C11H8FNO3. The van der Waals surface area contributed by atoms with Crippen LogP contribution < -0.4 is 9.64 Å². The number of anilines is 1. The summed E-state index contributed by atoms with van der Waals surface area (Å²) in [6, 6.07) is 3.86. The zero-order valence-electron chi connectivity index (χ0n) is 8.44. The van der Waals surface area contributed by atoms with Crippen LogP contribution in [0.4, 0.5) is 10.1 Å². The third-order valence-corrected chi connectivity index (χ3v) is 2.20. The number of carbonyl (C=O) groups is 2. The summed E-state index contributed by atoms with van der Waals surface area (Å²) in [5.41, 5.74) is -0.0978. The van der Waals surface area contributed by atoms with Crippen molar-refractivity contribution in [2.24, 2.45) is 0 Å². The molecular weight excluding hydrogens is 213 g/mol. The Morgan fingerprint density at radius 1 is 1.19 bits per heavy atom. The highest BCUT2D eigenvalue weighted by molar-refractivity contribution is 6.28. The molecule has 0 saturated heterocycles. The topological polar surface area (TPSA) is 46.6 Å². The maximum absolute atomic E-state index is 13.5. The molecule has 2 amide bonds. The van der Waals surface area contributed by atoms with Gasteiger partial charge in [-0.1, -0.05) is 0 Å². The average Bonchev–Trinajstić information content (AvgIpc) is 2.60. The normalized spacial score (nSPS) is 14.8. The van der Waals surface area contributed by atoms with Crippen molar-refractivity contribution in [3.8, 4) is 5.75 Å². The molecule has 82 valence electrons. The highest BCUT2D eigenvalue weighted by Crippen LogP contribution is 2.27. The number of imide groups is 1. The summed E-state index contributed by atoms with van der Waals surface area (Å²) in [6.45, 7) is 0. The van der Waals surface area contributed by atoms with Crippen molar-refractivity contribution in [3.05, 3.63) is 36.2 Å². The first-order chi connectivity index (χ1) is 7.63. The van der Waals surface area contributed by atoms with Gasteiger partial charge in [0.2, 0.25) is 0 Å². The van der Waals surface area contributed by atoms with Gasteiger partial charge in [-0.05, 0) is 12.1 Å². The van der Waals surface area contributed by atoms with Crippen LogP contribution in [0.2, 0.25) is 0 Å². The van der Waals surface area contributed by atoms with E-state index >= 15 is 0 Å². The molecule has 5 heteroatoms. The fourth-order valence-electron chi connectivity index (χ4n) is 1.43. The zero-order valence-corrected chi connectivity index (χ0v) is 8.44. The molecule has 16 heavy (non-hydrogen) atoms. The zero-order chi connectivity index (χ0) is 11.7. The molecule has 1 aliphatic heterocycles. The van der Waals surface area contributed by atoms with Crippen LogP contribution in [-0.2, 0) is 9.59 Å². The fourth-order valence-corrected chi connectivity index (χ4v) is 1.43. The monoisotopic (exact) mass is 221 g/mol. The van der Waals surface area contributed by atoms with Crippen molar-refractivity contribution < 1.29 is 18.7 Å². The van der Waals surface area contributed by atoms with Gasteiger partial charge >= 0.3 is 0 Å². The van der Waals surface area contributed by atoms with E-state index in [1.165, 1.54) is 19.2 Å². The molecule has 1 aromatic rings. The first kappa shape index (κ1) is 10.4. The Morgan fingerprint density at radius 2 is 1.81 bits per heavy atom. The van der Waals surface area contributed by atoms with Crippen LogP contribution in [-0.4, -0.2) is 18.9 Å². The van der Waals surface area contributed by atoms with Crippen molar-refractivity contribution in [3.63, 3.8) is 0 Å². The SMILES string of the molecule is COc1ccc(F)c(N2C(=O)C=CC2=O)c1. The van der Waals surface area contributed by atoms with Gasteiger partial charge in [0, 0.05) is 18.2 Å². The van der Waals surface area contributed by atoms with E-state index in [2.05, 4.69) is 0 Å². The standard InChI is InChI=1S/C11H8FNO3/c1-16-7-2-3-8(12)9(6-7)13-10(14)4-5-11(13)15/h2-6H,1H3. The van der Waals surface area contributed by atoms with E-state index in [0.717, 1.165) is 23.1 Å². The maximum Gasteiger partial charge on any atom is 0.258 e. The van der Waals surface area contributed by atoms with Crippen LogP contribution in [0.15, 0.2) is 30.4 Å². The van der Waals surface area contributed by atoms with Crippen LogP contribution in [0, 0.1) is 5.82 Å². The second-order valence-electron chi connectivity index (χ2n) is 3.16. The summed E-state index contributed by atoms with van der Waals surface area (Å²) in [6.07, 6.45) is 2.20. The Morgan fingerprint density at radius 3 is 2.38 bits per heavy atom. The van der Waals surface area contributed by atoms with E-state index in [9.17, 15) is 14.0 Å². The summed E-state index contributed by atoms with van der Waals surface area (Å²) >= 11 is 0. The Labute approximate surface area is 90.9 Å². The largest absolute Gasteiger partial charge is 0.497 e. The number of amides is 2. The summed E-state index contributed by atoms with van der Waals surface area (Å²) in [5, 5.41) is 0. The molecule has 0 N–H and O–H groups in total. The van der Waals surface area contributed by atoms with Gasteiger partial charge in [-0.15, -0.1) is 0 Å². The van der Waals surface area contributed by atoms with E-state index < -0.39 is 17.6 Å². The molecule has 0 unspecified atom stereocenters. The fraction of sp³-hybridized carbons (Fsp3) is 0.0909. The molecule has 0 radical (unpaired) electrons. The number of rotatable bonds is 2. The quantitative estimate of drug-likeness (QED) is 0.706. The number of ether oxygens (including phenoxy) is 1. The molecule has 0 bridgehead atoms. The second-order valence-corrected chi connectivity index (χ2v) is 3.16. The summed E-state index contributed by atoms with van der Waals surface area (Å²) in [4.78, 5) is 23.5. The maximum atomic E-state index is 13.5. The van der Waals surface area contributed by atoms with Crippen molar-refractivity contribution in [1.82, 2.24) is 0 Å².